The summed E-state index contributed by atoms with van der Waals surface area (Å²) in [5.74, 6) is -0.0993. The predicted molar refractivity (Wildman–Crippen MR) is 93.0 cm³/mol. The topological polar surface area (TPSA) is 52.6 Å². The van der Waals surface area contributed by atoms with E-state index in [9.17, 15) is 9.59 Å². The van der Waals surface area contributed by atoms with Gasteiger partial charge in [-0.1, -0.05) is 26.8 Å². The summed E-state index contributed by atoms with van der Waals surface area (Å²) >= 11 is 0. The van der Waals surface area contributed by atoms with Crippen LogP contribution in [0, 0.1) is 11.3 Å². The molecule has 0 bridgehead atoms. The third-order valence-corrected chi connectivity index (χ3v) is 4.78. The van der Waals surface area contributed by atoms with Crippen LogP contribution in [0.1, 0.15) is 74.1 Å². The Morgan fingerprint density at radius 2 is 1.62 bits per heavy atom. The highest BCUT2D eigenvalue weighted by atomic mass is 16.5. The van der Waals surface area contributed by atoms with Gasteiger partial charge in [0.15, 0.2) is 0 Å². The fourth-order valence-corrected chi connectivity index (χ4v) is 3.25. The lowest BCUT2D eigenvalue weighted by Crippen LogP contribution is -2.30. The molecular formula is C20H28O4. The van der Waals surface area contributed by atoms with Crippen molar-refractivity contribution in [2.45, 2.75) is 59.5 Å². The highest BCUT2D eigenvalue weighted by molar-refractivity contribution is 5.95. The molecule has 0 amide bonds. The van der Waals surface area contributed by atoms with Crippen molar-refractivity contribution in [3.63, 3.8) is 0 Å². The number of rotatable bonds is 4. The molecule has 4 nitrogen and oxygen atoms in total. The summed E-state index contributed by atoms with van der Waals surface area (Å²) in [6.07, 6.45) is 3.97. The molecule has 4 heteroatoms. The van der Waals surface area contributed by atoms with Gasteiger partial charge in [-0.05, 0) is 62.1 Å². The molecule has 0 unspecified atom stereocenters. The fourth-order valence-electron chi connectivity index (χ4n) is 3.25. The Morgan fingerprint density at radius 1 is 1.04 bits per heavy atom. The first-order chi connectivity index (χ1) is 11.3. The van der Waals surface area contributed by atoms with Gasteiger partial charge in [0.05, 0.1) is 17.7 Å². The van der Waals surface area contributed by atoms with Gasteiger partial charge >= 0.3 is 11.9 Å². The van der Waals surface area contributed by atoms with E-state index in [0.717, 1.165) is 25.7 Å². The third kappa shape index (κ3) is 4.83. The average molecular weight is 332 g/mol. The van der Waals surface area contributed by atoms with E-state index in [1.165, 1.54) is 0 Å². The van der Waals surface area contributed by atoms with E-state index < -0.39 is 5.97 Å². The molecule has 0 radical (unpaired) electrons. The molecule has 1 aromatic carbocycles. The lowest BCUT2D eigenvalue weighted by atomic mass is 9.72. The van der Waals surface area contributed by atoms with Gasteiger partial charge in [-0.25, -0.2) is 9.59 Å². The summed E-state index contributed by atoms with van der Waals surface area (Å²) in [6, 6.07) is 6.54. The zero-order valence-corrected chi connectivity index (χ0v) is 15.1. The van der Waals surface area contributed by atoms with Crippen LogP contribution in [-0.2, 0) is 9.47 Å². The number of benzene rings is 1. The van der Waals surface area contributed by atoms with Gasteiger partial charge in [0.1, 0.15) is 6.10 Å². The highest BCUT2D eigenvalue weighted by Crippen LogP contribution is 2.38. The normalized spacial score (nSPS) is 21.2. The maximum Gasteiger partial charge on any atom is 0.338 e. The molecule has 0 aliphatic heterocycles. The van der Waals surface area contributed by atoms with Crippen LogP contribution in [0.25, 0.3) is 0 Å². The molecule has 132 valence electrons. The van der Waals surface area contributed by atoms with Crippen molar-refractivity contribution in [2.24, 2.45) is 11.3 Å². The quantitative estimate of drug-likeness (QED) is 0.755. The van der Waals surface area contributed by atoms with Gasteiger partial charge in [0.2, 0.25) is 0 Å². The molecule has 1 aromatic rings. The SMILES string of the molecule is CCOC(=O)c1cccc(C(=O)OC2CCC(C(C)(C)C)CC2)c1. The first-order valence-corrected chi connectivity index (χ1v) is 8.79. The minimum atomic E-state index is -0.419. The molecule has 2 rings (SSSR count). The number of hydrogen-bond donors (Lipinski definition) is 0. The van der Waals surface area contributed by atoms with Crippen molar-refractivity contribution in [3.8, 4) is 0 Å². The molecule has 0 spiro atoms. The van der Waals surface area contributed by atoms with Crippen molar-refractivity contribution >= 4 is 11.9 Å². The summed E-state index contributed by atoms with van der Waals surface area (Å²) in [6.45, 7) is 8.87. The van der Waals surface area contributed by atoms with Crippen LogP contribution in [0.15, 0.2) is 24.3 Å². The Hall–Kier alpha value is -1.84. The maximum atomic E-state index is 12.3. The van der Waals surface area contributed by atoms with Crippen LogP contribution in [0.4, 0.5) is 0 Å². The van der Waals surface area contributed by atoms with Crippen molar-refractivity contribution < 1.29 is 19.1 Å². The van der Waals surface area contributed by atoms with E-state index >= 15 is 0 Å². The third-order valence-electron chi connectivity index (χ3n) is 4.78. The summed E-state index contributed by atoms with van der Waals surface area (Å²) in [4.78, 5) is 24.1. The number of hydrogen-bond acceptors (Lipinski definition) is 4. The van der Waals surface area contributed by atoms with Gasteiger partial charge in [-0.15, -0.1) is 0 Å². The van der Waals surface area contributed by atoms with Crippen LogP contribution >= 0.6 is 0 Å². The second-order valence-corrected chi connectivity index (χ2v) is 7.55. The summed E-state index contributed by atoms with van der Waals surface area (Å²) in [5, 5.41) is 0. The zero-order chi connectivity index (χ0) is 17.7. The van der Waals surface area contributed by atoms with E-state index in [0.29, 0.717) is 29.1 Å². The van der Waals surface area contributed by atoms with E-state index in [4.69, 9.17) is 9.47 Å². The first kappa shape index (κ1) is 18.5. The molecule has 0 heterocycles. The Morgan fingerprint density at radius 3 is 2.17 bits per heavy atom. The molecule has 24 heavy (non-hydrogen) atoms. The number of esters is 2. The smallest absolute Gasteiger partial charge is 0.338 e. The molecule has 0 aromatic heterocycles. The van der Waals surface area contributed by atoms with E-state index in [-0.39, 0.29) is 12.1 Å². The highest BCUT2D eigenvalue weighted by Gasteiger charge is 2.31. The Bertz CT molecular complexity index is 578. The largest absolute Gasteiger partial charge is 0.462 e. The molecular weight excluding hydrogens is 304 g/mol. The maximum absolute atomic E-state index is 12.3. The van der Waals surface area contributed by atoms with Crippen LogP contribution in [-0.4, -0.2) is 24.6 Å². The van der Waals surface area contributed by atoms with Crippen molar-refractivity contribution in [3.05, 3.63) is 35.4 Å². The van der Waals surface area contributed by atoms with Crippen LogP contribution in [0.5, 0.6) is 0 Å². The summed E-state index contributed by atoms with van der Waals surface area (Å²) in [5.41, 5.74) is 1.09. The van der Waals surface area contributed by atoms with Crippen molar-refractivity contribution in [1.82, 2.24) is 0 Å². The number of carbonyl (C=O) groups excluding carboxylic acids is 2. The Balaban J connectivity index is 1.94. The van der Waals surface area contributed by atoms with E-state index in [1.54, 1.807) is 31.2 Å². The van der Waals surface area contributed by atoms with Crippen LogP contribution in [0.3, 0.4) is 0 Å². The van der Waals surface area contributed by atoms with E-state index in [1.807, 2.05) is 0 Å². The van der Waals surface area contributed by atoms with Gasteiger partial charge in [0.25, 0.3) is 0 Å². The number of ether oxygens (including phenoxy) is 2. The fraction of sp³-hybridized carbons (Fsp3) is 0.600. The minimum absolute atomic E-state index is 0.0256. The molecule has 0 N–H and O–H groups in total. The first-order valence-electron chi connectivity index (χ1n) is 8.79. The molecule has 0 atom stereocenters. The summed E-state index contributed by atoms with van der Waals surface area (Å²) < 4.78 is 10.6. The molecule has 0 saturated heterocycles. The summed E-state index contributed by atoms with van der Waals surface area (Å²) in [7, 11) is 0. The molecule has 1 aliphatic carbocycles. The molecule has 1 aliphatic rings. The monoisotopic (exact) mass is 332 g/mol. The van der Waals surface area contributed by atoms with Gasteiger partial charge < -0.3 is 9.47 Å². The van der Waals surface area contributed by atoms with Crippen LogP contribution in [0.2, 0.25) is 0 Å². The second-order valence-electron chi connectivity index (χ2n) is 7.55. The predicted octanol–water partition coefficient (Wildman–Crippen LogP) is 4.63. The molecule has 1 fully saturated rings. The van der Waals surface area contributed by atoms with Crippen molar-refractivity contribution in [2.75, 3.05) is 6.61 Å². The number of carbonyl (C=O) groups is 2. The van der Waals surface area contributed by atoms with Crippen molar-refractivity contribution in [1.29, 1.82) is 0 Å². The minimum Gasteiger partial charge on any atom is -0.462 e. The Labute approximate surface area is 144 Å². The van der Waals surface area contributed by atoms with Gasteiger partial charge in [-0.2, -0.15) is 0 Å². The lowest BCUT2D eigenvalue weighted by Gasteiger charge is -2.36. The zero-order valence-electron chi connectivity index (χ0n) is 15.1. The lowest BCUT2D eigenvalue weighted by molar-refractivity contribution is 0.00929. The van der Waals surface area contributed by atoms with E-state index in [2.05, 4.69) is 20.8 Å². The van der Waals surface area contributed by atoms with Gasteiger partial charge in [-0.3, -0.25) is 0 Å². The van der Waals surface area contributed by atoms with Gasteiger partial charge in [0, 0.05) is 0 Å². The Kier molecular flexibility index (Phi) is 6.03. The van der Waals surface area contributed by atoms with Crippen LogP contribution < -0.4 is 0 Å². The second kappa shape index (κ2) is 7.82. The average Bonchev–Trinajstić information content (AvgIpc) is 2.55. The molecule has 1 saturated carbocycles. The standard InChI is InChI=1S/C20H28O4/c1-5-23-18(21)14-7-6-8-15(13-14)19(22)24-17-11-9-16(10-12-17)20(2,3)4/h6-8,13,16-17H,5,9-12H2,1-4H3.